The Kier molecular flexibility index (Phi) is 8.44. The van der Waals surface area contributed by atoms with E-state index >= 15 is 4.39 Å². The summed E-state index contributed by atoms with van der Waals surface area (Å²) in [5, 5.41) is 9.91. The third kappa shape index (κ3) is 6.17. The first-order valence-electron chi connectivity index (χ1n) is 10.9. The van der Waals surface area contributed by atoms with Gasteiger partial charge < -0.3 is 9.80 Å². The summed E-state index contributed by atoms with van der Waals surface area (Å²) < 4.78 is 15.2. The van der Waals surface area contributed by atoms with Gasteiger partial charge in [0.15, 0.2) is 11.6 Å². The van der Waals surface area contributed by atoms with Gasteiger partial charge in [-0.25, -0.2) is 5.06 Å². The van der Waals surface area contributed by atoms with Gasteiger partial charge in [-0.15, -0.1) is 0 Å². The molecule has 1 aliphatic heterocycles. The minimum Gasteiger partial charge on any atom is -0.349 e. The number of hydrogen-bond donors (Lipinski definition) is 3. The van der Waals surface area contributed by atoms with Gasteiger partial charge in [0.1, 0.15) is 0 Å². The van der Waals surface area contributed by atoms with E-state index in [1.54, 1.807) is 0 Å². The minimum atomic E-state index is -0.713. The van der Waals surface area contributed by atoms with Gasteiger partial charge >= 0.3 is 0 Å². The molecule has 178 valence electrons. The van der Waals surface area contributed by atoms with Gasteiger partial charge in [0.2, 0.25) is 23.4 Å². The Morgan fingerprint density at radius 2 is 2.09 bits per heavy atom. The molecule has 0 unspecified atom stereocenters. The third-order valence-electron chi connectivity index (χ3n) is 6.21. The van der Waals surface area contributed by atoms with Gasteiger partial charge in [-0.1, -0.05) is 25.7 Å². The van der Waals surface area contributed by atoms with Crippen LogP contribution in [0.25, 0.3) is 0 Å². The van der Waals surface area contributed by atoms with Crippen LogP contribution < -0.4 is 15.8 Å². The molecule has 1 aromatic rings. The number of likely N-dealkylation sites (N-methyl/N-ethyl adjacent to an activating group) is 1. The zero-order valence-electron chi connectivity index (χ0n) is 18.4. The quantitative estimate of drug-likeness (QED) is 0.216. The zero-order chi connectivity index (χ0) is 23.3. The first kappa shape index (κ1) is 24.4. The zero-order valence-corrected chi connectivity index (χ0v) is 19.2. The van der Waals surface area contributed by atoms with Crippen molar-refractivity contribution in [3.8, 4) is 0 Å². The largest absolute Gasteiger partial charge is 0.349 e. The molecule has 0 spiro atoms. The van der Waals surface area contributed by atoms with Crippen LogP contribution in [0.4, 0.5) is 16.0 Å². The molecule has 3 rings (SSSR count). The number of halogens is 2. The standard InChI is InChI=1S/C20H31ClFN7O3/c1-13-10-27(2)7-8-29(13)18-16(22)17(23-20(21)24-18)25-26-19(31)15(11-28(32)12-30)9-14-5-3-4-6-14/h12-15,32H,3-11H2,1-2H3,(H,26,31)(H,23,24,25)/t13-,15+/m0/s1. The van der Waals surface area contributed by atoms with Crippen molar-refractivity contribution < 1.29 is 19.2 Å². The number of aromatic nitrogens is 2. The first-order chi connectivity index (χ1) is 15.3. The SMILES string of the molecule is C[C@H]1CN(C)CCN1c1nc(Cl)nc(NNC(=O)[C@H](CC2CCCC2)CN(O)C=O)c1F. The fraction of sp³-hybridized carbons (Fsp3) is 0.700. The highest BCUT2D eigenvalue weighted by Gasteiger charge is 2.29. The molecule has 10 nitrogen and oxygen atoms in total. The Balaban J connectivity index is 1.70. The monoisotopic (exact) mass is 471 g/mol. The lowest BCUT2D eigenvalue weighted by Gasteiger charge is -2.39. The van der Waals surface area contributed by atoms with Crippen molar-refractivity contribution in [1.82, 2.24) is 25.4 Å². The van der Waals surface area contributed by atoms with E-state index in [2.05, 4.69) is 25.7 Å². The molecule has 3 N–H and O–H groups in total. The number of hydroxylamine groups is 2. The Bertz CT molecular complexity index is 812. The second kappa shape index (κ2) is 11.1. The van der Waals surface area contributed by atoms with Crippen molar-refractivity contribution in [2.75, 3.05) is 43.6 Å². The Morgan fingerprint density at radius 1 is 1.38 bits per heavy atom. The molecule has 2 atom stereocenters. The van der Waals surface area contributed by atoms with Gasteiger partial charge in [-0.05, 0) is 37.9 Å². The molecule has 2 fully saturated rings. The highest BCUT2D eigenvalue weighted by molar-refractivity contribution is 6.28. The lowest BCUT2D eigenvalue weighted by Crippen LogP contribution is -2.51. The van der Waals surface area contributed by atoms with E-state index in [1.165, 1.54) is 0 Å². The molecule has 1 aliphatic carbocycles. The van der Waals surface area contributed by atoms with Crippen LogP contribution in [-0.4, -0.2) is 76.7 Å². The molecule has 0 aromatic carbocycles. The lowest BCUT2D eigenvalue weighted by atomic mass is 9.92. The number of hydrazine groups is 1. The second-order valence-corrected chi connectivity index (χ2v) is 9.05. The van der Waals surface area contributed by atoms with Crippen molar-refractivity contribution >= 4 is 35.6 Å². The first-order valence-corrected chi connectivity index (χ1v) is 11.3. The number of amides is 2. The van der Waals surface area contributed by atoms with Crippen molar-refractivity contribution in [3.05, 3.63) is 11.1 Å². The van der Waals surface area contributed by atoms with Crippen LogP contribution in [0.5, 0.6) is 0 Å². The Hall–Kier alpha value is -2.24. The van der Waals surface area contributed by atoms with Crippen LogP contribution in [-0.2, 0) is 9.59 Å². The number of carbonyl (C=O) groups is 2. The van der Waals surface area contributed by atoms with Crippen molar-refractivity contribution in [3.63, 3.8) is 0 Å². The van der Waals surface area contributed by atoms with E-state index in [1.807, 2.05) is 18.9 Å². The molecule has 1 saturated heterocycles. The van der Waals surface area contributed by atoms with Crippen LogP contribution in [0, 0.1) is 17.7 Å². The molecular weight excluding hydrogens is 441 g/mol. The molecule has 2 amide bonds. The maximum atomic E-state index is 15.2. The number of hydrogen-bond acceptors (Lipinski definition) is 8. The average Bonchev–Trinajstić information content (AvgIpc) is 3.26. The molecule has 2 heterocycles. The van der Waals surface area contributed by atoms with E-state index in [0.717, 1.165) is 38.8 Å². The molecule has 1 saturated carbocycles. The van der Waals surface area contributed by atoms with E-state index < -0.39 is 17.6 Å². The maximum absolute atomic E-state index is 15.2. The predicted octanol–water partition coefficient (Wildman–Crippen LogP) is 1.90. The summed E-state index contributed by atoms with van der Waals surface area (Å²) in [6.07, 6.45) is 5.00. The van der Waals surface area contributed by atoms with E-state index in [0.29, 0.717) is 23.9 Å². The normalized spacial score (nSPS) is 20.8. The third-order valence-corrected chi connectivity index (χ3v) is 6.37. The topological polar surface area (TPSA) is 114 Å². The van der Waals surface area contributed by atoms with Gasteiger partial charge in [0.05, 0.1) is 12.5 Å². The summed E-state index contributed by atoms with van der Waals surface area (Å²) in [5.74, 6) is -1.65. The number of rotatable bonds is 9. The Morgan fingerprint density at radius 3 is 2.75 bits per heavy atom. The number of carbonyl (C=O) groups excluding carboxylic acids is 2. The summed E-state index contributed by atoms with van der Waals surface area (Å²) in [6, 6.07) is 0.0197. The number of nitrogens with one attached hydrogen (secondary N) is 2. The maximum Gasteiger partial charge on any atom is 0.243 e. The molecule has 12 heteroatoms. The molecule has 1 aromatic heterocycles. The summed E-state index contributed by atoms with van der Waals surface area (Å²) in [6.45, 7) is 3.90. The number of nitrogens with zero attached hydrogens (tertiary/aromatic N) is 5. The van der Waals surface area contributed by atoms with Crippen LogP contribution >= 0.6 is 11.6 Å². The molecule has 0 radical (unpaired) electrons. The van der Waals surface area contributed by atoms with Crippen LogP contribution in [0.15, 0.2) is 0 Å². The summed E-state index contributed by atoms with van der Waals surface area (Å²) in [7, 11) is 2.00. The highest BCUT2D eigenvalue weighted by atomic mass is 35.5. The molecule has 32 heavy (non-hydrogen) atoms. The van der Waals surface area contributed by atoms with Crippen molar-refractivity contribution in [2.45, 2.75) is 45.1 Å². The van der Waals surface area contributed by atoms with Crippen LogP contribution in [0.1, 0.15) is 39.0 Å². The Labute approximate surface area is 192 Å². The average molecular weight is 472 g/mol. The van der Waals surface area contributed by atoms with Gasteiger partial charge in [-0.3, -0.25) is 25.6 Å². The predicted molar refractivity (Wildman–Crippen MR) is 118 cm³/mol. The lowest BCUT2D eigenvalue weighted by molar-refractivity contribution is -0.154. The van der Waals surface area contributed by atoms with Crippen LogP contribution in [0.2, 0.25) is 5.28 Å². The van der Waals surface area contributed by atoms with Gasteiger partial charge in [0.25, 0.3) is 0 Å². The molecular formula is C20H31ClFN7O3. The van der Waals surface area contributed by atoms with Crippen LogP contribution in [0.3, 0.4) is 0 Å². The summed E-state index contributed by atoms with van der Waals surface area (Å²) in [4.78, 5) is 35.5. The van der Waals surface area contributed by atoms with Crippen molar-refractivity contribution in [2.24, 2.45) is 11.8 Å². The fourth-order valence-corrected chi connectivity index (χ4v) is 4.71. The minimum absolute atomic E-state index is 0.0197. The fourth-order valence-electron chi connectivity index (χ4n) is 4.54. The smallest absolute Gasteiger partial charge is 0.243 e. The summed E-state index contributed by atoms with van der Waals surface area (Å²) >= 11 is 6.04. The molecule has 2 aliphatic rings. The number of piperazine rings is 1. The summed E-state index contributed by atoms with van der Waals surface area (Å²) in [5.41, 5.74) is 4.98. The van der Waals surface area contributed by atoms with E-state index in [-0.39, 0.29) is 35.9 Å². The highest BCUT2D eigenvalue weighted by Crippen LogP contribution is 2.31. The van der Waals surface area contributed by atoms with E-state index in [9.17, 15) is 14.8 Å². The number of anilines is 2. The van der Waals surface area contributed by atoms with Crippen molar-refractivity contribution in [1.29, 1.82) is 0 Å². The van der Waals surface area contributed by atoms with Gasteiger partial charge in [0, 0.05) is 25.7 Å². The van der Waals surface area contributed by atoms with Gasteiger partial charge in [-0.2, -0.15) is 14.4 Å². The second-order valence-electron chi connectivity index (χ2n) is 8.71. The van der Waals surface area contributed by atoms with E-state index in [4.69, 9.17) is 11.6 Å². The molecule has 0 bridgehead atoms.